The van der Waals surface area contributed by atoms with Gasteiger partial charge in [-0.3, -0.25) is 4.79 Å². The molecule has 0 unspecified atom stereocenters. The summed E-state index contributed by atoms with van der Waals surface area (Å²) in [7, 11) is 1.29. The first kappa shape index (κ1) is 13.8. The second kappa shape index (κ2) is 4.94. The number of carbonyl (C=O) groups excluding carboxylic acids is 2. The van der Waals surface area contributed by atoms with Crippen LogP contribution in [0.25, 0.3) is 0 Å². The molecule has 0 radical (unpaired) electrons. The minimum Gasteiger partial charge on any atom is -0.419 e. The van der Waals surface area contributed by atoms with Crippen LogP contribution in [0.2, 0.25) is 0 Å². The van der Waals surface area contributed by atoms with Crippen molar-refractivity contribution in [1.82, 2.24) is 5.32 Å². The van der Waals surface area contributed by atoms with Gasteiger partial charge in [-0.1, -0.05) is 0 Å². The number of rotatable bonds is 2. The van der Waals surface area contributed by atoms with Crippen molar-refractivity contribution in [2.24, 2.45) is 0 Å². The average molecular weight is 262 g/mol. The molecule has 0 fully saturated rings. The van der Waals surface area contributed by atoms with Crippen molar-refractivity contribution < 1.29 is 27.5 Å². The molecule has 0 aliphatic rings. The molecule has 0 aromatic heterocycles. The number of nitrogens with two attached hydrogens (primary N) is 1. The number of nitrogen functional groups attached to an aromatic ring is 1. The largest absolute Gasteiger partial charge is 0.491 e. The van der Waals surface area contributed by atoms with Crippen LogP contribution in [0.1, 0.15) is 10.4 Å². The van der Waals surface area contributed by atoms with Gasteiger partial charge in [0.25, 0.3) is 5.91 Å². The molecule has 3 N–H and O–H groups in total. The smallest absolute Gasteiger partial charge is 0.419 e. The van der Waals surface area contributed by atoms with E-state index in [1.807, 2.05) is 0 Å². The average Bonchev–Trinajstić information content (AvgIpc) is 2.27. The molecule has 1 rings (SSSR count). The highest BCUT2D eigenvalue weighted by Gasteiger charge is 2.41. The van der Waals surface area contributed by atoms with E-state index in [2.05, 4.69) is 10.1 Å². The highest BCUT2D eigenvalue weighted by molar-refractivity contribution is 5.98. The third kappa shape index (κ3) is 3.12. The number of halogens is 3. The number of anilines is 1. The van der Waals surface area contributed by atoms with Gasteiger partial charge in [-0.2, -0.15) is 13.2 Å². The molecule has 0 saturated carbocycles. The molecule has 98 valence electrons. The predicted octanol–water partition coefficient (Wildman–Crippen LogP) is 1.10. The maximum absolute atomic E-state index is 12.0. The number of nitrogens with one attached hydrogen (secondary N) is 1. The van der Waals surface area contributed by atoms with Gasteiger partial charge in [-0.15, -0.1) is 0 Å². The highest BCUT2D eigenvalue weighted by atomic mass is 19.4. The Kier molecular flexibility index (Phi) is 3.79. The molecule has 8 heteroatoms. The Hall–Kier alpha value is -2.25. The summed E-state index contributed by atoms with van der Waals surface area (Å²) < 4.78 is 40.2. The van der Waals surface area contributed by atoms with Crippen molar-refractivity contribution in [3.63, 3.8) is 0 Å². The molecule has 18 heavy (non-hydrogen) atoms. The Morgan fingerprint density at radius 3 is 2.44 bits per heavy atom. The van der Waals surface area contributed by atoms with Crippen LogP contribution in [0.3, 0.4) is 0 Å². The van der Waals surface area contributed by atoms with Crippen LogP contribution in [0, 0.1) is 0 Å². The highest BCUT2D eigenvalue weighted by Crippen LogP contribution is 2.25. The predicted molar refractivity (Wildman–Crippen MR) is 55.9 cm³/mol. The number of carbonyl (C=O) groups is 2. The van der Waals surface area contributed by atoms with E-state index in [0.29, 0.717) is 0 Å². The Labute approximate surface area is 99.7 Å². The molecule has 1 amide bonds. The molecule has 0 heterocycles. The molecule has 0 saturated heterocycles. The lowest BCUT2D eigenvalue weighted by atomic mass is 10.1. The number of benzene rings is 1. The summed E-state index contributed by atoms with van der Waals surface area (Å²) in [5.41, 5.74) is 5.19. The van der Waals surface area contributed by atoms with Crippen LogP contribution < -0.4 is 15.8 Å². The molecular formula is C10H9F3N2O3. The normalized spacial score (nSPS) is 10.9. The standard InChI is InChI=1S/C10H9F3N2O3/c1-15-8(16)6-3-2-5(14)4-7(6)18-9(17)10(11,12)13/h2-4H,14H2,1H3,(H,15,16). The monoisotopic (exact) mass is 262 g/mol. The van der Waals surface area contributed by atoms with Crippen molar-refractivity contribution in [2.45, 2.75) is 6.18 Å². The van der Waals surface area contributed by atoms with Crippen LogP contribution in [-0.4, -0.2) is 25.1 Å². The van der Waals surface area contributed by atoms with Crippen molar-refractivity contribution in [2.75, 3.05) is 12.8 Å². The zero-order chi connectivity index (χ0) is 13.9. The number of esters is 1. The van der Waals surface area contributed by atoms with E-state index in [9.17, 15) is 22.8 Å². The van der Waals surface area contributed by atoms with Gasteiger partial charge >= 0.3 is 12.1 Å². The summed E-state index contributed by atoms with van der Waals surface area (Å²) >= 11 is 0. The Morgan fingerprint density at radius 2 is 1.94 bits per heavy atom. The fourth-order valence-corrected chi connectivity index (χ4v) is 1.10. The van der Waals surface area contributed by atoms with E-state index in [4.69, 9.17) is 5.73 Å². The summed E-state index contributed by atoms with van der Waals surface area (Å²) in [6.07, 6.45) is -5.15. The number of hydrogen-bond acceptors (Lipinski definition) is 4. The van der Waals surface area contributed by atoms with Gasteiger partial charge < -0.3 is 15.8 Å². The van der Waals surface area contributed by atoms with E-state index in [1.54, 1.807) is 0 Å². The Morgan fingerprint density at radius 1 is 1.33 bits per heavy atom. The van der Waals surface area contributed by atoms with Gasteiger partial charge in [0.2, 0.25) is 0 Å². The van der Waals surface area contributed by atoms with Gasteiger partial charge in [-0.25, -0.2) is 4.79 Å². The third-order valence-corrected chi connectivity index (χ3v) is 1.91. The van der Waals surface area contributed by atoms with E-state index in [1.165, 1.54) is 13.1 Å². The third-order valence-electron chi connectivity index (χ3n) is 1.91. The first-order chi connectivity index (χ1) is 8.25. The van der Waals surface area contributed by atoms with Crippen LogP contribution in [0.4, 0.5) is 18.9 Å². The van der Waals surface area contributed by atoms with Gasteiger partial charge in [-0.05, 0) is 12.1 Å². The number of hydrogen-bond donors (Lipinski definition) is 2. The zero-order valence-corrected chi connectivity index (χ0v) is 9.17. The van der Waals surface area contributed by atoms with Gasteiger partial charge in [0.15, 0.2) is 0 Å². The molecule has 0 spiro atoms. The van der Waals surface area contributed by atoms with Crippen LogP contribution in [-0.2, 0) is 4.79 Å². The fourth-order valence-electron chi connectivity index (χ4n) is 1.10. The first-order valence-corrected chi connectivity index (χ1v) is 4.66. The lowest BCUT2D eigenvalue weighted by Crippen LogP contribution is -2.29. The molecule has 0 aliphatic carbocycles. The van der Waals surface area contributed by atoms with Gasteiger partial charge in [0.05, 0.1) is 5.56 Å². The molecule has 1 aromatic rings. The Bertz CT molecular complexity index is 486. The summed E-state index contributed by atoms with van der Waals surface area (Å²) in [5.74, 6) is -3.66. The minimum atomic E-state index is -5.15. The van der Waals surface area contributed by atoms with Crippen LogP contribution >= 0.6 is 0 Å². The zero-order valence-electron chi connectivity index (χ0n) is 9.17. The second-order valence-electron chi connectivity index (χ2n) is 3.22. The number of amides is 1. The first-order valence-electron chi connectivity index (χ1n) is 4.66. The van der Waals surface area contributed by atoms with E-state index >= 15 is 0 Å². The lowest BCUT2D eigenvalue weighted by Gasteiger charge is -2.11. The molecule has 5 nitrogen and oxygen atoms in total. The van der Waals surface area contributed by atoms with Crippen molar-refractivity contribution in [1.29, 1.82) is 0 Å². The second-order valence-corrected chi connectivity index (χ2v) is 3.22. The molecular weight excluding hydrogens is 253 g/mol. The van der Waals surface area contributed by atoms with Crippen molar-refractivity contribution in [3.8, 4) is 5.75 Å². The topological polar surface area (TPSA) is 81.4 Å². The van der Waals surface area contributed by atoms with E-state index in [-0.39, 0.29) is 11.3 Å². The number of alkyl halides is 3. The summed E-state index contributed by atoms with van der Waals surface area (Å²) in [6, 6.07) is 3.43. The summed E-state index contributed by atoms with van der Waals surface area (Å²) in [6.45, 7) is 0. The summed E-state index contributed by atoms with van der Waals surface area (Å²) in [5, 5.41) is 2.20. The maximum atomic E-state index is 12.0. The Balaban J connectivity index is 3.11. The lowest BCUT2D eigenvalue weighted by molar-refractivity contribution is -0.189. The maximum Gasteiger partial charge on any atom is 0.491 e. The van der Waals surface area contributed by atoms with Crippen molar-refractivity contribution in [3.05, 3.63) is 23.8 Å². The molecule has 1 aromatic carbocycles. The molecule has 0 bridgehead atoms. The van der Waals surface area contributed by atoms with Gasteiger partial charge in [0.1, 0.15) is 5.75 Å². The number of ether oxygens (including phenoxy) is 1. The van der Waals surface area contributed by atoms with Crippen LogP contribution in [0.15, 0.2) is 18.2 Å². The minimum absolute atomic E-state index is 0.0626. The quantitative estimate of drug-likeness (QED) is 0.475. The van der Waals surface area contributed by atoms with E-state index in [0.717, 1.165) is 12.1 Å². The van der Waals surface area contributed by atoms with Crippen LogP contribution in [0.5, 0.6) is 5.75 Å². The van der Waals surface area contributed by atoms with Crippen molar-refractivity contribution >= 4 is 17.6 Å². The molecule has 0 aliphatic heterocycles. The van der Waals surface area contributed by atoms with Gasteiger partial charge in [0, 0.05) is 18.8 Å². The van der Waals surface area contributed by atoms with E-state index < -0.39 is 23.8 Å². The SMILES string of the molecule is CNC(=O)c1ccc(N)cc1OC(=O)C(F)(F)F. The summed E-state index contributed by atoms with van der Waals surface area (Å²) in [4.78, 5) is 22.0. The fraction of sp³-hybridized carbons (Fsp3) is 0.200. The molecule has 0 atom stereocenters.